The summed E-state index contributed by atoms with van der Waals surface area (Å²) in [7, 11) is -1.90. The molecule has 1 heterocycles. The van der Waals surface area contributed by atoms with Crippen LogP contribution in [-0.4, -0.2) is 37.0 Å². The number of amides is 1. The molecule has 0 spiro atoms. The average Bonchev–Trinajstić information content (AvgIpc) is 3.61. The van der Waals surface area contributed by atoms with Crippen molar-refractivity contribution in [2.75, 3.05) is 11.9 Å². The fraction of sp³-hybridized carbons (Fsp3) is 0.308. The number of likely N-dealkylation sites (N-methyl/N-ethyl adjacent to an activating group) is 1. The van der Waals surface area contributed by atoms with Gasteiger partial charge < -0.3 is 9.47 Å². The van der Waals surface area contributed by atoms with E-state index in [2.05, 4.69) is 9.71 Å². The third-order valence-corrected chi connectivity index (χ3v) is 8.53. The third-order valence-electron chi connectivity index (χ3n) is 7.02. The highest BCUT2D eigenvalue weighted by molar-refractivity contribution is 7.89. The number of fused-ring (bicyclic) bond motifs is 2. The molecule has 3 atom stereocenters. The van der Waals surface area contributed by atoms with E-state index in [1.54, 1.807) is 49.9 Å². The molecule has 0 radical (unpaired) electrons. The molecule has 2 saturated carbocycles. The van der Waals surface area contributed by atoms with Crippen LogP contribution in [0.3, 0.4) is 0 Å². The third kappa shape index (κ3) is 4.69. The van der Waals surface area contributed by atoms with Crippen molar-refractivity contribution in [3.05, 3.63) is 78.9 Å². The second-order valence-corrected chi connectivity index (χ2v) is 10.9. The fourth-order valence-corrected chi connectivity index (χ4v) is 6.40. The van der Waals surface area contributed by atoms with Gasteiger partial charge in [-0.2, -0.15) is 0 Å². The van der Waals surface area contributed by atoms with E-state index in [-0.39, 0.29) is 16.8 Å². The van der Waals surface area contributed by atoms with E-state index in [0.717, 1.165) is 30.5 Å². The summed E-state index contributed by atoms with van der Waals surface area (Å²) in [4.78, 5) is 18.4. The molecule has 3 aromatic rings. The van der Waals surface area contributed by atoms with E-state index >= 15 is 0 Å². The molecule has 0 aliphatic heterocycles. The average molecular weight is 477 g/mol. The molecule has 2 aromatic carbocycles. The number of hydrogen-bond acceptors (Lipinski definition) is 4. The van der Waals surface area contributed by atoms with Gasteiger partial charge in [-0.15, -0.1) is 0 Å². The molecule has 1 aromatic heterocycles. The SMILES string of the molecule is CN(C(=O)C=Cc1ccc(-n2ccnc2)cc1)c1ccc(S(=O)(=O)NC2CC3CCC2C3)cc1. The Morgan fingerprint density at radius 2 is 1.85 bits per heavy atom. The highest BCUT2D eigenvalue weighted by Gasteiger charge is 2.41. The van der Waals surface area contributed by atoms with Crippen molar-refractivity contribution in [3.8, 4) is 5.69 Å². The maximum Gasteiger partial charge on any atom is 0.250 e. The molecule has 2 bridgehead atoms. The van der Waals surface area contributed by atoms with Crippen LogP contribution >= 0.6 is 0 Å². The summed E-state index contributed by atoms with van der Waals surface area (Å²) in [5, 5.41) is 0. The predicted octanol–water partition coefficient (Wildman–Crippen LogP) is 4.02. The molecule has 1 N–H and O–H groups in total. The van der Waals surface area contributed by atoms with E-state index in [1.807, 2.05) is 35.0 Å². The summed E-state index contributed by atoms with van der Waals surface area (Å²) in [5.41, 5.74) is 2.52. The van der Waals surface area contributed by atoms with Gasteiger partial charge in [-0.1, -0.05) is 18.6 Å². The van der Waals surface area contributed by atoms with Gasteiger partial charge in [0.15, 0.2) is 0 Å². The van der Waals surface area contributed by atoms with Crippen LogP contribution in [0, 0.1) is 11.8 Å². The Morgan fingerprint density at radius 1 is 1.09 bits per heavy atom. The molecule has 8 heteroatoms. The summed E-state index contributed by atoms with van der Waals surface area (Å²) < 4.78 is 30.5. The lowest BCUT2D eigenvalue weighted by atomic mass is 9.96. The highest BCUT2D eigenvalue weighted by Crippen LogP contribution is 2.44. The number of sulfonamides is 1. The van der Waals surface area contributed by atoms with Crippen LogP contribution in [-0.2, 0) is 14.8 Å². The summed E-state index contributed by atoms with van der Waals surface area (Å²) in [5.74, 6) is 0.938. The monoisotopic (exact) mass is 476 g/mol. The zero-order chi connectivity index (χ0) is 23.7. The van der Waals surface area contributed by atoms with Crippen LogP contribution in [0.2, 0.25) is 0 Å². The quantitative estimate of drug-likeness (QED) is 0.522. The Kier molecular flexibility index (Phi) is 6.10. The van der Waals surface area contributed by atoms with Crippen molar-refractivity contribution in [3.63, 3.8) is 0 Å². The van der Waals surface area contributed by atoms with E-state index < -0.39 is 10.0 Å². The number of hydrogen-bond donors (Lipinski definition) is 1. The minimum Gasteiger partial charge on any atom is -0.312 e. The second kappa shape index (κ2) is 9.19. The first-order valence-electron chi connectivity index (χ1n) is 11.6. The van der Waals surface area contributed by atoms with Gasteiger partial charge in [-0.25, -0.2) is 18.1 Å². The van der Waals surface area contributed by atoms with Crippen LogP contribution < -0.4 is 9.62 Å². The number of benzene rings is 2. The summed E-state index contributed by atoms with van der Waals surface area (Å²) in [6, 6.07) is 14.3. The molecular weight excluding hydrogens is 448 g/mol. The Morgan fingerprint density at radius 3 is 2.47 bits per heavy atom. The van der Waals surface area contributed by atoms with Crippen molar-refractivity contribution in [2.45, 2.75) is 36.6 Å². The maximum absolute atomic E-state index is 12.8. The van der Waals surface area contributed by atoms with Crippen LogP contribution in [0.1, 0.15) is 31.2 Å². The predicted molar refractivity (Wildman–Crippen MR) is 132 cm³/mol. The molecule has 34 heavy (non-hydrogen) atoms. The van der Waals surface area contributed by atoms with Gasteiger partial charge >= 0.3 is 0 Å². The number of carbonyl (C=O) groups excluding carboxylic acids is 1. The van der Waals surface area contributed by atoms with E-state index in [0.29, 0.717) is 17.5 Å². The molecule has 3 unspecified atom stereocenters. The molecule has 2 aliphatic rings. The Bertz CT molecular complexity index is 1280. The van der Waals surface area contributed by atoms with Crippen molar-refractivity contribution >= 4 is 27.7 Å². The lowest BCUT2D eigenvalue weighted by Crippen LogP contribution is -2.38. The molecule has 5 rings (SSSR count). The first-order valence-corrected chi connectivity index (χ1v) is 13.0. The summed E-state index contributed by atoms with van der Waals surface area (Å²) in [6.07, 6.45) is 13.0. The number of carbonyl (C=O) groups is 1. The van der Waals surface area contributed by atoms with Crippen LogP contribution in [0.25, 0.3) is 11.8 Å². The van der Waals surface area contributed by atoms with Gasteiger partial charge in [0.05, 0.1) is 11.2 Å². The van der Waals surface area contributed by atoms with Gasteiger partial charge in [-0.05, 0) is 79.1 Å². The summed E-state index contributed by atoms with van der Waals surface area (Å²) in [6.45, 7) is 0. The second-order valence-electron chi connectivity index (χ2n) is 9.19. The zero-order valence-electron chi connectivity index (χ0n) is 19.0. The van der Waals surface area contributed by atoms with E-state index in [4.69, 9.17) is 0 Å². The Labute approximate surface area is 200 Å². The van der Waals surface area contributed by atoms with Gasteiger partial charge in [0, 0.05) is 42.9 Å². The van der Waals surface area contributed by atoms with Gasteiger partial charge in [-0.3, -0.25) is 4.79 Å². The number of aromatic nitrogens is 2. The zero-order valence-corrected chi connectivity index (χ0v) is 19.9. The lowest BCUT2D eigenvalue weighted by molar-refractivity contribution is -0.113. The molecule has 2 aliphatic carbocycles. The summed E-state index contributed by atoms with van der Waals surface area (Å²) >= 11 is 0. The van der Waals surface area contributed by atoms with Crippen LogP contribution in [0.4, 0.5) is 5.69 Å². The lowest BCUT2D eigenvalue weighted by Gasteiger charge is -2.23. The van der Waals surface area contributed by atoms with Crippen molar-refractivity contribution < 1.29 is 13.2 Å². The number of imidazole rings is 1. The van der Waals surface area contributed by atoms with E-state index in [9.17, 15) is 13.2 Å². The minimum absolute atomic E-state index is 0.0480. The number of anilines is 1. The molecular formula is C26H28N4O3S. The van der Waals surface area contributed by atoms with Gasteiger partial charge in [0.25, 0.3) is 5.91 Å². The van der Waals surface area contributed by atoms with Crippen molar-refractivity contribution in [2.24, 2.45) is 11.8 Å². The minimum atomic E-state index is -3.57. The van der Waals surface area contributed by atoms with Crippen LogP contribution in [0.15, 0.2) is 78.2 Å². The van der Waals surface area contributed by atoms with Crippen molar-refractivity contribution in [1.29, 1.82) is 0 Å². The van der Waals surface area contributed by atoms with Gasteiger partial charge in [0.2, 0.25) is 10.0 Å². The molecule has 2 fully saturated rings. The number of nitrogens with zero attached hydrogens (tertiary/aromatic N) is 3. The van der Waals surface area contributed by atoms with Gasteiger partial charge in [0.1, 0.15) is 0 Å². The maximum atomic E-state index is 12.8. The molecule has 0 saturated heterocycles. The van der Waals surface area contributed by atoms with Crippen LogP contribution in [0.5, 0.6) is 0 Å². The largest absolute Gasteiger partial charge is 0.312 e. The first-order chi connectivity index (χ1) is 16.4. The number of nitrogens with one attached hydrogen (secondary N) is 1. The Balaban J connectivity index is 1.21. The standard InChI is InChI=1S/C26H28N4O3S/c1-29(26(31)13-5-19-3-7-23(8-4-19)30-15-14-27-18-30)22-9-11-24(12-10-22)34(32,33)28-25-17-20-2-6-21(25)16-20/h3-5,7-15,18,20-21,25,28H,2,6,16-17H2,1H3. The Hall–Kier alpha value is -3.23. The molecule has 1 amide bonds. The molecule has 176 valence electrons. The number of rotatable bonds is 7. The first kappa shape index (κ1) is 22.6. The smallest absolute Gasteiger partial charge is 0.250 e. The molecule has 7 nitrogen and oxygen atoms in total. The normalized spacial score (nSPS) is 21.9. The topological polar surface area (TPSA) is 84.3 Å². The van der Waals surface area contributed by atoms with Crippen molar-refractivity contribution in [1.82, 2.24) is 14.3 Å². The highest BCUT2D eigenvalue weighted by atomic mass is 32.2. The fourth-order valence-electron chi connectivity index (χ4n) is 5.08. The van der Waals surface area contributed by atoms with E-state index in [1.165, 1.54) is 17.4 Å².